The quantitative estimate of drug-likeness (QED) is 0.481. The Morgan fingerprint density at radius 2 is 1.32 bits per heavy atom. The molecule has 2 aromatic carbocycles. The standard InChI is InChI=1S/C32H40N2O6/c1-38-31(36)22-10-12-27-25(18-22)29(26-19-23(32(37)39-2)11-13-28(26)40-27)30(35)33-24-14-16-34(17-15-24)20-21-8-6-4-3-5-7-9-21/h10-13,18-19,21,24,29H,3-9,14-17,20H2,1-2H3,(H,33,35). The highest BCUT2D eigenvalue weighted by Gasteiger charge is 2.36. The number of esters is 2. The maximum atomic E-state index is 13.9. The maximum Gasteiger partial charge on any atom is 0.337 e. The van der Waals surface area contributed by atoms with Crippen LogP contribution in [-0.4, -0.2) is 62.6 Å². The third-order valence-corrected chi connectivity index (χ3v) is 8.64. The minimum atomic E-state index is -0.749. The van der Waals surface area contributed by atoms with Crippen molar-refractivity contribution >= 4 is 17.8 Å². The summed E-state index contributed by atoms with van der Waals surface area (Å²) in [5.41, 5.74) is 1.80. The van der Waals surface area contributed by atoms with Crippen LogP contribution in [0.15, 0.2) is 36.4 Å². The molecule has 1 saturated carbocycles. The van der Waals surface area contributed by atoms with Gasteiger partial charge >= 0.3 is 11.9 Å². The van der Waals surface area contributed by atoms with Crippen LogP contribution in [0.1, 0.15) is 95.5 Å². The molecule has 5 rings (SSSR count). The Bertz CT molecular complexity index is 1160. The van der Waals surface area contributed by atoms with Crippen LogP contribution in [0.2, 0.25) is 0 Å². The Labute approximate surface area is 236 Å². The van der Waals surface area contributed by atoms with Gasteiger partial charge in [0.1, 0.15) is 11.5 Å². The number of piperidine rings is 1. The minimum Gasteiger partial charge on any atom is -0.465 e. The van der Waals surface area contributed by atoms with E-state index in [2.05, 4.69) is 10.2 Å². The smallest absolute Gasteiger partial charge is 0.337 e. The number of likely N-dealkylation sites (tertiary alicyclic amines) is 1. The van der Waals surface area contributed by atoms with E-state index in [1.807, 2.05) is 0 Å². The molecule has 1 saturated heterocycles. The number of benzene rings is 2. The fourth-order valence-corrected chi connectivity index (χ4v) is 6.42. The number of nitrogens with one attached hydrogen (secondary N) is 1. The summed E-state index contributed by atoms with van der Waals surface area (Å²) in [7, 11) is 2.65. The molecule has 0 atom stereocenters. The summed E-state index contributed by atoms with van der Waals surface area (Å²) in [6.07, 6.45) is 11.3. The van der Waals surface area contributed by atoms with Crippen molar-refractivity contribution in [3.63, 3.8) is 0 Å². The predicted molar refractivity (Wildman–Crippen MR) is 151 cm³/mol. The van der Waals surface area contributed by atoms with Gasteiger partial charge in [-0.1, -0.05) is 32.1 Å². The van der Waals surface area contributed by atoms with Crippen LogP contribution in [-0.2, 0) is 14.3 Å². The van der Waals surface area contributed by atoms with Gasteiger partial charge in [-0.2, -0.15) is 0 Å². The SMILES string of the molecule is COC(=O)c1ccc2c(c1)C(C(=O)NC1CCN(CC3CCCCCCC3)CC1)c1cc(C(=O)OC)ccc1O2. The van der Waals surface area contributed by atoms with Gasteiger partial charge in [-0.15, -0.1) is 0 Å². The van der Waals surface area contributed by atoms with E-state index in [0.29, 0.717) is 33.8 Å². The van der Waals surface area contributed by atoms with Gasteiger partial charge in [-0.25, -0.2) is 9.59 Å². The zero-order valence-electron chi connectivity index (χ0n) is 23.6. The normalized spacial score (nSPS) is 18.9. The van der Waals surface area contributed by atoms with Crippen LogP contribution >= 0.6 is 0 Å². The fraction of sp³-hybridized carbons (Fsp3) is 0.531. The topological polar surface area (TPSA) is 94.2 Å². The van der Waals surface area contributed by atoms with E-state index in [9.17, 15) is 14.4 Å². The number of ether oxygens (including phenoxy) is 3. The number of nitrogens with zero attached hydrogens (tertiary/aromatic N) is 1. The van der Waals surface area contributed by atoms with Crippen molar-refractivity contribution < 1.29 is 28.6 Å². The lowest BCUT2D eigenvalue weighted by Gasteiger charge is -2.36. The van der Waals surface area contributed by atoms with Crippen molar-refractivity contribution in [2.45, 2.75) is 69.7 Å². The summed E-state index contributed by atoms with van der Waals surface area (Å²) in [4.78, 5) is 41.1. The molecule has 2 fully saturated rings. The van der Waals surface area contributed by atoms with Gasteiger partial charge in [0.25, 0.3) is 0 Å². The number of rotatable bonds is 6. The second-order valence-corrected chi connectivity index (χ2v) is 11.3. The molecule has 40 heavy (non-hydrogen) atoms. The molecule has 0 spiro atoms. The Morgan fingerprint density at radius 1 is 0.800 bits per heavy atom. The lowest BCUT2D eigenvalue weighted by molar-refractivity contribution is -0.122. The van der Waals surface area contributed by atoms with Gasteiger partial charge in [0.05, 0.1) is 31.3 Å². The molecule has 0 radical (unpaired) electrons. The first-order chi connectivity index (χ1) is 19.5. The lowest BCUT2D eigenvalue weighted by atomic mass is 9.85. The van der Waals surface area contributed by atoms with Crippen LogP contribution in [0, 0.1) is 5.92 Å². The van der Waals surface area contributed by atoms with Gasteiger partial charge in [0.2, 0.25) is 5.91 Å². The molecule has 3 aliphatic rings. The first-order valence-electron chi connectivity index (χ1n) is 14.6. The molecular weight excluding hydrogens is 508 g/mol. The summed E-state index contributed by atoms with van der Waals surface area (Å²) >= 11 is 0. The average molecular weight is 549 g/mol. The van der Waals surface area contributed by atoms with Crippen molar-refractivity contribution in [1.82, 2.24) is 10.2 Å². The highest BCUT2D eigenvalue weighted by molar-refractivity contribution is 5.95. The highest BCUT2D eigenvalue weighted by Crippen LogP contribution is 2.45. The second-order valence-electron chi connectivity index (χ2n) is 11.3. The molecule has 1 amide bonds. The van der Waals surface area contributed by atoms with Crippen molar-refractivity contribution in [1.29, 1.82) is 0 Å². The highest BCUT2D eigenvalue weighted by atomic mass is 16.5. The van der Waals surface area contributed by atoms with E-state index < -0.39 is 17.9 Å². The number of hydrogen-bond acceptors (Lipinski definition) is 7. The molecule has 1 N–H and O–H groups in total. The molecular formula is C32H40N2O6. The first-order valence-corrected chi connectivity index (χ1v) is 14.6. The summed E-state index contributed by atoms with van der Waals surface area (Å²) in [6.45, 7) is 3.11. The van der Waals surface area contributed by atoms with E-state index in [1.54, 1.807) is 36.4 Å². The third-order valence-electron chi connectivity index (χ3n) is 8.64. The van der Waals surface area contributed by atoms with E-state index in [4.69, 9.17) is 14.2 Å². The van der Waals surface area contributed by atoms with Crippen LogP contribution in [0.4, 0.5) is 0 Å². The summed E-state index contributed by atoms with van der Waals surface area (Å²) < 4.78 is 15.9. The van der Waals surface area contributed by atoms with Crippen LogP contribution in [0.25, 0.3) is 0 Å². The van der Waals surface area contributed by atoms with Gasteiger partial charge in [0, 0.05) is 36.8 Å². The van der Waals surface area contributed by atoms with E-state index in [0.717, 1.165) is 38.4 Å². The summed E-state index contributed by atoms with van der Waals surface area (Å²) in [5.74, 6) is -0.121. The van der Waals surface area contributed by atoms with E-state index >= 15 is 0 Å². The van der Waals surface area contributed by atoms with Gasteiger partial charge in [0.15, 0.2) is 0 Å². The monoisotopic (exact) mass is 548 g/mol. The van der Waals surface area contributed by atoms with Crippen molar-refractivity contribution in [3.05, 3.63) is 58.7 Å². The molecule has 2 heterocycles. The second kappa shape index (κ2) is 12.9. The Morgan fingerprint density at radius 3 is 1.85 bits per heavy atom. The van der Waals surface area contributed by atoms with E-state index in [-0.39, 0.29) is 11.9 Å². The number of methoxy groups -OCH3 is 2. The molecule has 8 nitrogen and oxygen atoms in total. The lowest BCUT2D eigenvalue weighted by Crippen LogP contribution is -2.47. The fourth-order valence-electron chi connectivity index (χ4n) is 6.42. The third kappa shape index (κ3) is 6.33. The number of carbonyl (C=O) groups is 3. The zero-order valence-corrected chi connectivity index (χ0v) is 23.6. The summed E-state index contributed by atoms with van der Waals surface area (Å²) in [5, 5.41) is 3.28. The maximum absolute atomic E-state index is 13.9. The zero-order chi connectivity index (χ0) is 28.1. The molecule has 214 valence electrons. The first kappa shape index (κ1) is 28.1. The van der Waals surface area contributed by atoms with Crippen LogP contribution in [0.5, 0.6) is 11.5 Å². The molecule has 2 aliphatic heterocycles. The molecule has 2 aromatic rings. The van der Waals surface area contributed by atoms with Crippen molar-refractivity contribution in [2.75, 3.05) is 33.9 Å². The predicted octanol–water partition coefficient (Wildman–Crippen LogP) is 5.44. The van der Waals surface area contributed by atoms with Crippen LogP contribution < -0.4 is 10.1 Å². The largest absolute Gasteiger partial charge is 0.465 e. The number of carbonyl (C=O) groups excluding carboxylic acids is 3. The molecule has 0 bridgehead atoms. The average Bonchev–Trinajstić information content (AvgIpc) is 2.96. The van der Waals surface area contributed by atoms with E-state index in [1.165, 1.54) is 59.2 Å². The Balaban J connectivity index is 1.32. The molecule has 1 aliphatic carbocycles. The Hall–Kier alpha value is -3.39. The number of fused-ring (bicyclic) bond motifs is 2. The van der Waals surface area contributed by atoms with Crippen molar-refractivity contribution in [3.8, 4) is 11.5 Å². The molecule has 0 unspecified atom stereocenters. The van der Waals surface area contributed by atoms with Crippen LogP contribution in [0.3, 0.4) is 0 Å². The van der Waals surface area contributed by atoms with Gasteiger partial charge < -0.3 is 24.4 Å². The molecule has 0 aromatic heterocycles. The number of hydrogen-bond donors (Lipinski definition) is 1. The summed E-state index contributed by atoms with van der Waals surface area (Å²) in [6, 6.07) is 9.98. The van der Waals surface area contributed by atoms with Crippen molar-refractivity contribution in [2.24, 2.45) is 5.92 Å². The Kier molecular flexibility index (Phi) is 9.04. The van der Waals surface area contributed by atoms with Gasteiger partial charge in [-0.3, -0.25) is 4.79 Å². The van der Waals surface area contributed by atoms with Gasteiger partial charge in [-0.05, 0) is 68.0 Å². The minimum absolute atomic E-state index is 0.0587. The molecule has 8 heteroatoms. The number of amides is 1.